The molecule has 2 aromatic carbocycles. The zero-order valence-electron chi connectivity index (χ0n) is 30.4. The molecule has 0 radical (unpaired) electrons. The molecule has 51 heavy (non-hydrogen) atoms. The molecular formula is C36H45BrN4O10. The van der Waals surface area contributed by atoms with Crippen LogP contribution in [-0.4, -0.2) is 74.5 Å². The number of esters is 2. The molecule has 15 heteroatoms. The van der Waals surface area contributed by atoms with Gasteiger partial charge in [-0.1, -0.05) is 17.8 Å². The molecule has 0 aliphatic carbocycles. The zero-order chi connectivity index (χ0) is 39.4. The number of carbonyl (C=O) groups excluding carboxylic acids is 6. The van der Waals surface area contributed by atoms with Gasteiger partial charge in [-0.05, 0) is 93.9 Å². The second-order valence-electron chi connectivity index (χ2n) is 12.0. The fourth-order valence-electron chi connectivity index (χ4n) is 3.25. The van der Waals surface area contributed by atoms with Gasteiger partial charge in [0.25, 0.3) is 0 Å². The Hall–Kier alpha value is -5.54. The van der Waals surface area contributed by atoms with Crippen LogP contribution in [0, 0.1) is 24.2 Å². The van der Waals surface area contributed by atoms with Gasteiger partial charge in [-0.3, -0.25) is 9.59 Å². The summed E-state index contributed by atoms with van der Waals surface area (Å²) in [7, 11) is 2.58. The predicted molar refractivity (Wildman–Crippen MR) is 196 cm³/mol. The highest BCUT2D eigenvalue weighted by Gasteiger charge is 2.16. The lowest BCUT2D eigenvalue weighted by Crippen LogP contribution is -2.32. The number of amides is 4. The van der Waals surface area contributed by atoms with E-state index in [2.05, 4.69) is 64.4 Å². The lowest BCUT2D eigenvalue weighted by molar-refractivity contribution is -0.115. The van der Waals surface area contributed by atoms with Crippen LogP contribution in [0.15, 0.2) is 40.9 Å². The Kier molecular flexibility index (Phi) is 19.8. The number of alkyl carbamates (subject to hydrolysis) is 2. The number of hydrogen-bond acceptors (Lipinski definition) is 10. The van der Waals surface area contributed by atoms with E-state index in [1.807, 2.05) is 0 Å². The molecule has 2 aromatic rings. The fourth-order valence-corrected chi connectivity index (χ4v) is 3.60. The summed E-state index contributed by atoms with van der Waals surface area (Å²) in [6, 6.07) is 9.47. The van der Waals surface area contributed by atoms with E-state index in [4.69, 9.17) is 15.9 Å². The number of terminal acetylenes is 1. The van der Waals surface area contributed by atoms with Crippen LogP contribution in [0.1, 0.15) is 81.7 Å². The molecule has 0 aliphatic rings. The van der Waals surface area contributed by atoms with Crippen molar-refractivity contribution in [2.75, 3.05) is 37.9 Å². The number of methoxy groups -OCH3 is 2. The zero-order valence-corrected chi connectivity index (χ0v) is 32.0. The third-order valence-corrected chi connectivity index (χ3v) is 5.82. The molecule has 0 aliphatic heterocycles. The average molecular weight is 774 g/mol. The Bertz CT molecular complexity index is 1660. The quantitative estimate of drug-likeness (QED) is 0.162. The van der Waals surface area contributed by atoms with E-state index in [0.29, 0.717) is 32.5 Å². The van der Waals surface area contributed by atoms with E-state index in [-0.39, 0.29) is 24.9 Å². The Morgan fingerprint density at radius 3 is 1.57 bits per heavy atom. The van der Waals surface area contributed by atoms with Crippen LogP contribution in [0.2, 0.25) is 0 Å². The van der Waals surface area contributed by atoms with Crippen molar-refractivity contribution >= 4 is 63.2 Å². The number of anilines is 2. The molecule has 276 valence electrons. The number of rotatable bonds is 6. The van der Waals surface area contributed by atoms with Gasteiger partial charge in [0, 0.05) is 23.9 Å². The molecular weight excluding hydrogens is 728 g/mol. The van der Waals surface area contributed by atoms with Gasteiger partial charge < -0.3 is 40.2 Å². The van der Waals surface area contributed by atoms with Gasteiger partial charge >= 0.3 is 24.1 Å². The largest absolute Gasteiger partial charge is 0.465 e. The standard InChI is InChI=1S/C18H22N2O5.C10H10BrNO3.C8H13NO2/c1-12(21)20-15-11-14(16(22)24-5)9-8-13(15)7-6-10-19-17(23)25-18(2,3)4;1-6(13)12-9-5-7(10(14)15-2)3-4-8(9)11;1-5-6-9-7(10)11-8(2,3)4/h8-9,11H,10H2,1-5H3,(H,19,23)(H,20,21);3-5H,1-2H3,(H,12,13);1H,6H2,2-4H3,(H,9,10). The van der Waals surface area contributed by atoms with Crippen LogP contribution in [0.4, 0.5) is 21.0 Å². The van der Waals surface area contributed by atoms with Gasteiger partial charge in [-0.15, -0.1) is 6.42 Å². The second-order valence-corrected chi connectivity index (χ2v) is 12.9. The molecule has 0 spiro atoms. The Morgan fingerprint density at radius 2 is 1.14 bits per heavy atom. The van der Waals surface area contributed by atoms with Crippen molar-refractivity contribution in [3.63, 3.8) is 0 Å². The van der Waals surface area contributed by atoms with Gasteiger partial charge in [0.2, 0.25) is 11.8 Å². The lowest BCUT2D eigenvalue weighted by Gasteiger charge is -2.19. The molecule has 0 bridgehead atoms. The number of benzene rings is 2. The van der Waals surface area contributed by atoms with E-state index >= 15 is 0 Å². The maximum absolute atomic E-state index is 11.6. The molecule has 0 heterocycles. The number of halogens is 1. The maximum atomic E-state index is 11.6. The number of hydrogen-bond donors (Lipinski definition) is 4. The summed E-state index contributed by atoms with van der Waals surface area (Å²) >= 11 is 3.26. The maximum Gasteiger partial charge on any atom is 0.408 e. The second kappa shape index (κ2) is 22.2. The topological polar surface area (TPSA) is 187 Å². The number of nitrogens with one attached hydrogen (secondary N) is 4. The van der Waals surface area contributed by atoms with Crippen LogP contribution in [0.25, 0.3) is 0 Å². The van der Waals surface area contributed by atoms with E-state index in [1.165, 1.54) is 34.1 Å². The molecule has 0 aromatic heterocycles. The predicted octanol–water partition coefficient (Wildman–Crippen LogP) is 5.65. The first-order valence-corrected chi connectivity index (χ1v) is 15.9. The van der Waals surface area contributed by atoms with Gasteiger partial charge in [-0.2, -0.15) is 0 Å². The Morgan fingerprint density at radius 1 is 0.706 bits per heavy atom. The molecule has 4 amide bonds. The number of carbonyl (C=O) groups is 6. The molecule has 0 saturated heterocycles. The summed E-state index contributed by atoms with van der Waals surface area (Å²) < 4.78 is 19.9. The Balaban J connectivity index is 0.000000814. The monoisotopic (exact) mass is 772 g/mol. The summed E-state index contributed by atoms with van der Waals surface area (Å²) in [6.45, 7) is 13.7. The first-order valence-electron chi connectivity index (χ1n) is 15.1. The van der Waals surface area contributed by atoms with Gasteiger partial charge in [0.15, 0.2) is 0 Å². The van der Waals surface area contributed by atoms with Crippen molar-refractivity contribution in [2.45, 2.75) is 66.6 Å². The van der Waals surface area contributed by atoms with Crippen molar-refractivity contribution in [3.8, 4) is 24.2 Å². The van der Waals surface area contributed by atoms with Crippen LogP contribution in [0.5, 0.6) is 0 Å². The highest BCUT2D eigenvalue weighted by molar-refractivity contribution is 9.10. The van der Waals surface area contributed by atoms with Crippen molar-refractivity contribution in [1.82, 2.24) is 10.6 Å². The van der Waals surface area contributed by atoms with Crippen LogP contribution in [0.3, 0.4) is 0 Å². The first kappa shape index (κ1) is 45.5. The minimum Gasteiger partial charge on any atom is -0.465 e. The van der Waals surface area contributed by atoms with E-state index in [9.17, 15) is 28.8 Å². The molecule has 4 N–H and O–H groups in total. The van der Waals surface area contributed by atoms with Crippen molar-refractivity contribution in [1.29, 1.82) is 0 Å². The van der Waals surface area contributed by atoms with Crippen molar-refractivity contribution < 1.29 is 47.7 Å². The van der Waals surface area contributed by atoms with Gasteiger partial charge in [0.05, 0.1) is 49.8 Å². The Labute approximate surface area is 307 Å². The van der Waals surface area contributed by atoms with Crippen LogP contribution < -0.4 is 21.3 Å². The summed E-state index contributed by atoms with van der Waals surface area (Å²) in [6.07, 6.45) is 3.88. The highest BCUT2D eigenvalue weighted by Crippen LogP contribution is 2.24. The average Bonchev–Trinajstić information content (AvgIpc) is 3.01. The third-order valence-electron chi connectivity index (χ3n) is 5.13. The van der Waals surface area contributed by atoms with Crippen LogP contribution in [-0.2, 0) is 28.5 Å². The van der Waals surface area contributed by atoms with Crippen molar-refractivity contribution in [2.24, 2.45) is 0 Å². The SMILES string of the molecule is C#CCNC(=O)OC(C)(C)C.COC(=O)c1ccc(Br)c(NC(C)=O)c1.COC(=O)c1ccc(C#CCNC(=O)OC(C)(C)C)c(NC(C)=O)c1. The highest BCUT2D eigenvalue weighted by atomic mass is 79.9. The molecule has 2 rings (SSSR count). The first-order chi connectivity index (χ1) is 23.6. The third kappa shape index (κ3) is 21.2. The summed E-state index contributed by atoms with van der Waals surface area (Å²) in [5.74, 6) is 6.43. The molecule has 0 unspecified atom stereocenters. The minimum absolute atomic E-state index is 0.0766. The number of ether oxygens (including phenoxy) is 4. The smallest absolute Gasteiger partial charge is 0.408 e. The van der Waals surface area contributed by atoms with E-state index < -0.39 is 35.3 Å². The minimum atomic E-state index is -0.584. The molecule has 14 nitrogen and oxygen atoms in total. The van der Waals surface area contributed by atoms with Crippen LogP contribution >= 0.6 is 15.9 Å². The fraction of sp³-hybridized carbons (Fsp3) is 0.389. The molecule has 0 atom stereocenters. The van der Waals surface area contributed by atoms with E-state index in [0.717, 1.165) is 0 Å². The lowest BCUT2D eigenvalue weighted by atomic mass is 10.1. The summed E-state index contributed by atoms with van der Waals surface area (Å²) in [5, 5.41) is 10.1. The van der Waals surface area contributed by atoms with Gasteiger partial charge in [-0.25, -0.2) is 19.2 Å². The van der Waals surface area contributed by atoms with Gasteiger partial charge in [0.1, 0.15) is 11.2 Å². The van der Waals surface area contributed by atoms with Crippen molar-refractivity contribution in [3.05, 3.63) is 57.6 Å². The molecule has 0 fully saturated rings. The van der Waals surface area contributed by atoms with E-state index in [1.54, 1.807) is 71.9 Å². The normalized spacial score (nSPS) is 9.92. The summed E-state index contributed by atoms with van der Waals surface area (Å²) in [5.41, 5.74) is 1.09. The molecule has 0 saturated carbocycles. The summed E-state index contributed by atoms with van der Waals surface area (Å²) in [4.78, 5) is 67.3.